The minimum Gasteiger partial charge on any atom is -0.480 e. The molecular weight excluding hydrogens is 593 g/mol. The molecule has 45 heavy (non-hydrogen) atoms. The second kappa shape index (κ2) is 14.5. The van der Waals surface area contributed by atoms with Crippen molar-refractivity contribution in [3.63, 3.8) is 0 Å². The van der Waals surface area contributed by atoms with Gasteiger partial charge in [-0.3, -0.25) is 19.9 Å². The van der Waals surface area contributed by atoms with Gasteiger partial charge in [0.05, 0.1) is 30.8 Å². The Morgan fingerprint density at radius 2 is 1.62 bits per heavy atom. The van der Waals surface area contributed by atoms with Gasteiger partial charge in [-0.2, -0.15) is 0 Å². The van der Waals surface area contributed by atoms with Crippen LogP contribution in [0.5, 0.6) is 0 Å². The van der Waals surface area contributed by atoms with Gasteiger partial charge >= 0.3 is 12.1 Å². The number of hydrogen-bond donors (Lipinski definition) is 4. The van der Waals surface area contributed by atoms with Gasteiger partial charge in [0.1, 0.15) is 35.1 Å². The minimum absolute atomic E-state index is 0.0418. The highest BCUT2D eigenvalue weighted by molar-refractivity contribution is 5.98. The van der Waals surface area contributed by atoms with Crippen LogP contribution >= 0.6 is 0 Å². The summed E-state index contributed by atoms with van der Waals surface area (Å²) in [6, 6.07) is 8.35. The molecule has 0 radical (unpaired) electrons. The molecule has 240 valence electrons. The fourth-order valence-electron chi connectivity index (χ4n) is 4.96. The van der Waals surface area contributed by atoms with Crippen LogP contribution in [0.25, 0.3) is 0 Å². The lowest BCUT2D eigenvalue weighted by Gasteiger charge is -2.30. The van der Waals surface area contributed by atoms with Crippen molar-refractivity contribution in [2.45, 2.75) is 63.3 Å². The maximum absolute atomic E-state index is 15.1. The molecule has 0 aliphatic carbocycles. The van der Waals surface area contributed by atoms with Crippen molar-refractivity contribution < 1.29 is 42.1 Å². The van der Waals surface area contributed by atoms with E-state index in [0.29, 0.717) is 17.5 Å². The van der Waals surface area contributed by atoms with Gasteiger partial charge in [0.15, 0.2) is 0 Å². The van der Waals surface area contributed by atoms with Crippen molar-refractivity contribution in [1.82, 2.24) is 15.6 Å². The Hall–Kier alpha value is -4.49. The molecule has 10 nitrogen and oxygen atoms in total. The van der Waals surface area contributed by atoms with Crippen LogP contribution in [0.4, 0.5) is 23.7 Å². The average Bonchev–Trinajstić information content (AvgIpc) is 2.97. The van der Waals surface area contributed by atoms with E-state index in [0.717, 1.165) is 6.20 Å². The molecule has 2 heterocycles. The van der Waals surface area contributed by atoms with Gasteiger partial charge in [0.25, 0.3) is 0 Å². The predicted molar refractivity (Wildman–Crippen MR) is 158 cm³/mol. The quantitative estimate of drug-likeness (QED) is 0.257. The van der Waals surface area contributed by atoms with Crippen LogP contribution in [0.15, 0.2) is 60.9 Å². The van der Waals surface area contributed by atoms with E-state index < -0.39 is 65.1 Å². The third-order valence-electron chi connectivity index (χ3n) is 7.11. The molecule has 0 bridgehead atoms. The standard InChI is InChI=1S/C32H35F3N4O6/c1-32(2,3)45-31(43)39-28(27(18-4-8-20(33)9-5-18)19-6-10-21(34)11-7-19)29(40)38-25-16-36-15-24(35)23(25)13-12-22-14-37-26(17-44-22)30(41)42/h4-11,15-16,22,26-28,37H,12-14,17H2,1-3H3,(H,38,40)(H,39,43)(H,41,42)/t22-,26+,28?/m1/s1. The summed E-state index contributed by atoms with van der Waals surface area (Å²) >= 11 is 0. The van der Waals surface area contributed by atoms with Crippen molar-refractivity contribution >= 4 is 23.7 Å². The first-order valence-corrected chi connectivity index (χ1v) is 14.3. The normalized spacial score (nSPS) is 17.4. The van der Waals surface area contributed by atoms with E-state index in [-0.39, 0.29) is 30.8 Å². The van der Waals surface area contributed by atoms with E-state index in [1.54, 1.807) is 20.8 Å². The van der Waals surface area contributed by atoms with Gasteiger partial charge in [-0.25, -0.2) is 18.0 Å². The van der Waals surface area contributed by atoms with Crippen molar-refractivity contribution in [3.8, 4) is 0 Å². The van der Waals surface area contributed by atoms with E-state index in [1.165, 1.54) is 54.7 Å². The number of carboxylic acid groups (broad SMARTS) is 1. The summed E-state index contributed by atoms with van der Waals surface area (Å²) in [7, 11) is 0. The monoisotopic (exact) mass is 628 g/mol. The van der Waals surface area contributed by atoms with Crippen LogP contribution in [-0.4, -0.2) is 65.0 Å². The first-order chi connectivity index (χ1) is 21.3. The fraction of sp³-hybridized carbons (Fsp3) is 0.375. The van der Waals surface area contributed by atoms with E-state index in [1.807, 2.05) is 0 Å². The van der Waals surface area contributed by atoms with Crippen molar-refractivity contribution in [3.05, 3.63) is 95.1 Å². The number of carbonyl (C=O) groups is 3. The molecule has 13 heteroatoms. The summed E-state index contributed by atoms with van der Waals surface area (Å²) in [5.74, 6) is -4.49. The maximum Gasteiger partial charge on any atom is 0.408 e. The average molecular weight is 629 g/mol. The molecule has 1 saturated heterocycles. The zero-order valence-electron chi connectivity index (χ0n) is 25.0. The number of ether oxygens (including phenoxy) is 2. The Bertz CT molecular complexity index is 1440. The number of alkyl carbamates (subject to hydrolysis) is 1. The summed E-state index contributed by atoms with van der Waals surface area (Å²) in [6.07, 6.45) is 1.36. The second-order valence-electron chi connectivity index (χ2n) is 11.6. The van der Waals surface area contributed by atoms with Gasteiger partial charge in [0.2, 0.25) is 5.91 Å². The third-order valence-corrected chi connectivity index (χ3v) is 7.11. The Morgan fingerprint density at radius 3 is 2.13 bits per heavy atom. The molecule has 3 atom stereocenters. The number of carboxylic acids is 1. The number of carbonyl (C=O) groups excluding carboxylic acids is 2. The van der Waals surface area contributed by atoms with Crippen LogP contribution in [0.3, 0.4) is 0 Å². The number of benzene rings is 2. The molecule has 3 aromatic rings. The largest absolute Gasteiger partial charge is 0.480 e. The number of halogens is 3. The molecule has 2 amide bonds. The molecule has 1 fully saturated rings. The molecule has 1 aliphatic heterocycles. The maximum atomic E-state index is 15.1. The summed E-state index contributed by atoms with van der Waals surface area (Å²) in [5, 5.41) is 17.3. The lowest BCUT2D eigenvalue weighted by atomic mass is 9.84. The number of anilines is 1. The highest BCUT2D eigenvalue weighted by Gasteiger charge is 2.35. The van der Waals surface area contributed by atoms with Crippen LogP contribution in [0.2, 0.25) is 0 Å². The van der Waals surface area contributed by atoms with Crippen LogP contribution in [0, 0.1) is 17.5 Å². The lowest BCUT2D eigenvalue weighted by molar-refractivity contribution is -0.144. The zero-order chi connectivity index (χ0) is 32.7. The Kier molecular flexibility index (Phi) is 10.8. The van der Waals surface area contributed by atoms with Crippen LogP contribution in [0.1, 0.15) is 49.8 Å². The Balaban J connectivity index is 1.64. The fourth-order valence-corrected chi connectivity index (χ4v) is 4.96. The number of aromatic nitrogens is 1. The summed E-state index contributed by atoms with van der Waals surface area (Å²) in [5.41, 5.74) is 0.113. The van der Waals surface area contributed by atoms with Crippen molar-refractivity contribution in [2.75, 3.05) is 18.5 Å². The van der Waals surface area contributed by atoms with Crippen LogP contribution in [-0.2, 0) is 25.5 Å². The highest BCUT2D eigenvalue weighted by atomic mass is 19.1. The van der Waals surface area contributed by atoms with E-state index in [4.69, 9.17) is 14.6 Å². The van der Waals surface area contributed by atoms with Gasteiger partial charge in [-0.15, -0.1) is 0 Å². The molecule has 0 saturated carbocycles. The molecule has 4 N–H and O–H groups in total. The number of nitrogens with one attached hydrogen (secondary N) is 3. The number of rotatable bonds is 10. The molecule has 1 aromatic heterocycles. The number of morpholine rings is 1. The lowest BCUT2D eigenvalue weighted by Crippen LogP contribution is -2.50. The SMILES string of the molecule is CC(C)(C)OC(=O)NC(C(=O)Nc1cncc(F)c1CC[C@@H]1CN[C@H](C(=O)O)CO1)C(c1ccc(F)cc1)c1ccc(F)cc1. The molecular formula is C32H35F3N4O6. The number of hydrogen-bond acceptors (Lipinski definition) is 7. The first kappa shape index (κ1) is 33.4. The van der Waals surface area contributed by atoms with Gasteiger partial charge in [0, 0.05) is 18.0 Å². The first-order valence-electron chi connectivity index (χ1n) is 14.3. The molecule has 4 rings (SSSR count). The third kappa shape index (κ3) is 9.25. The van der Waals surface area contributed by atoms with Gasteiger partial charge in [-0.1, -0.05) is 24.3 Å². The van der Waals surface area contributed by atoms with E-state index in [2.05, 4.69) is 20.9 Å². The van der Waals surface area contributed by atoms with Gasteiger partial charge in [-0.05, 0) is 69.0 Å². The summed E-state index contributed by atoms with van der Waals surface area (Å²) < 4.78 is 53.9. The molecule has 2 aromatic carbocycles. The Labute approximate surface area is 258 Å². The van der Waals surface area contributed by atoms with Crippen molar-refractivity contribution in [2.24, 2.45) is 0 Å². The number of aliphatic carboxylic acids is 1. The van der Waals surface area contributed by atoms with E-state index in [9.17, 15) is 23.2 Å². The smallest absolute Gasteiger partial charge is 0.408 e. The van der Waals surface area contributed by atoms with Crippen molar-refractivity contribution in [1.29, 1.82) is 0 Å². The van der Waals surface area contributed by atoms with Crippen LogP contribution < -0.4 is 16.0 Å². The summed E-state index contributed by atoms with van der Waals surface area (Å²) in [4.78, 5) is 42.1. The Morgan fingerprint density at radius 1 is 1.02 bits per heavy atom. The molecule has 1 unspecified atom stereocenters. The van der Waals surface area contributed by atoms with E-state index >= 15 is 4.39 Å². The number of amides is 2. The second-order valence-corrected chi connectivity index (χ2v) is 11.6. The number of nitrogens with zero attached hydrogens (tertiary/aromatic N) is 1. The van der Waals surface area contributed by atoms with Gasteiger partial charge < -0.3 is 25.2 Å². The number of pyridine rings is 1. The molecule has 0 spiro atoms. The molecule has 1 aliphatic rings. The highest BCUT2D eigenvalue weighted by Crippen LogP contribution is 2.31. The topological polar surface area (TPSA) is 139 Å². The zero-order valence-corrected chi connectivity index (χ0v) is 25.0. The minimum atomic E-state index is -1.40. The summed E-state index contributed by atoms with van der Waals surface area (Å²) in [6.45, 7) is 5.14. The predicted octanol–water partition coefficient (Wildman–Crippen LogP) is 4.54.